The molecule has 2 heterocycles. The number of piperidine rings is 1. The highest BCUT2D eigenvalue weighted by atomic mass is 32.2. The van der Waals surface area contributed by atoms with Gasteiger partial charge < -0.3 is 14.7 Å². The number of thioether (sulfide) groups is 1. The predicted octanol–water partition coefficient (Wildman–Crippen LogP) is 5.26. The summed E-state index contributed by atoms with van der Waals surface area (Å²) in [4.78, 5) is 18.4. The molecule has 5 nitrogen and oxygen atoms in total. The number of rotatable bonds is 12. The Hall–Kier alpha value is -1.86. The quantitative estimate of drug-likeness (QED) is 0.434. The molecule has 1 aromatic heterocycles. The van der Waals surface area contributed by atoms with E-state index in [1.165, 1.54) is 18.4 Å². The molecule has 1 aliphatic heterocycles. The lowest BCUT2D eigenvalue weighted by Crippen LogP contribution is -2.44. The van der Waals surface area contributed by atoms with Crippen molar-refractivity contribution >= 4 is 28.6 Å². The maximum Gasteiger partial charge on any atom is 0.308 e. The standard InChI is InChI=1S/C25H35FN2O3S/c1-3-13-32-14-5-11-28-12-10-18(22(17-28)25(29)30)6-4-7-20-21-15-19(31-2)8-9-24(21)27-16-23(20)26/h8-9,15-16,18,22H,3-7,10-14,17H2,1-2H3,(H,29,30). The van der Waals surface area contributed by atoms with Crippen molar-refractivity contribution in [3.63, 3.8) is 0 Å². The molecule has 176 valence electrons. The highest BCUT2D eigenvalue weighted by molar-refractivity contribution is 7.99. The Morgan fingerprint density at radius 1 is 1.34 bits per heavy atom. The molecule has 7 heteroatoms. The number of methoxy groups -OCH3 is 1. The van der Waals surface area contributed by atoms with Crippen molar-refractivity contribution < 1.29 is 19.0 Å². The fraction of sp³-hybridized carbons (Fsp3) is 0.600. The van der Waals surface area contributed by atoms with Gasteiger partial charge in [0.15, 0.2) is 0 Å². The molecule has 0 amide bonds. The van der Waals surface area contributed by atoms with Crippen molar-refractivity contribution in [3.05, 3.63) is 35.8 Å². The van der Waals surface area contributed by atoms with Gasteiger partial charge >= 0.3 is 5.97 Å². The molecule has 0 aliphatic carbocycles. The number of aromatic nitrogens is 1. The third-order valence-corrected chi connectivity index (χ3v) is 7.68. The van der Waals surface area contributed by atoms with Gasteiger partial charge in [0.25, 0.3) is 0 Å². The van der Waals surface area contributed by atoms with Crippen molar-refractivity contribution in [1.82, 2.24) is 9.88 Å². The number of carboxylic acid groups (broad SMARTS) is 1. The van der Waals surface area contributed by atoms with Gasteiger partial charge in [-0.05, 0) is 92.8 Å². The zero-order chi connectivity index (χ0) is 22.9. The molecule has 1 N–H and O–H groups in total. The first-order valence-corrected chi connectivity index (χ1v) is 12.8. The summed E-state index contributed by atoms with van der Waals surface area (Å²) in [5, 5.41) is 10.6. The van der Waals surface area contributed by atoms with E-state index in [0.29, 0.717) is 24.3 Å². The number of likely N-dealkylation sites (tertiary alicyclic amines) is 1. The first-order valence-electron chi connectivity index (χ1n) is 11.7. The highest BCUT2D eigenvalue weighted by Gasteiger charge is 2.33. The van der Waals surface area contributed by atoms with Crippen LogP contribution >= 0.6 is 11.8 Å². The number of carboxylic acids is 1. The number of pyridine rings is 1. The molecule has 3 rings (SSSR count). The minimum absolute atomic E-state index is 0.143. The third-order valence-electron chi connectivity index (χ3n) is 6.40. The monoisotopic (exact) mass is 462 g/mol. The second-order valence-electron chi connectivity index (χ2n) is 8.62. The van der Waals surface area contributed by atoms with E-state index in [1.807, 2.05) is 30.0 Å². The molecule has 0 spiro atoms. The number of hydrogen-bond acceptors (Lipinski definition) is 5. The molecule has 0 bridgehead atoms. The van der Waals surface area contributed by atoms with Gasteiger partial charge in [-0.25, -0.2) is 4.39 Å². The second-order valence-corrected chi connectivity index (χ2v) is 9.84. The average molecular weight is 463 g/mol. The molecule has 1 aliphatic rings. The summed E-state index contributed by atoms with van der Waals surface area (Å²) < 4.78 is 19.9. The van der Waals surface area contributed by atoms with Crippen molar-refractivity contribution in [3.8, 4) is 5.75 Å². The van der Waals surface area contributed by atoms with Crippen LogP contribution in [0, 0.1) is 17.7 Å². The molecule has 0 saturated carbocycles. The van der Waals surface area contributed by atoms with Crippen molar-refractivity contribution in [2.75, 3.05) is 38.2 Å². The fourth-order valence-corrected chi connectivity index (χ4v) is 5.48. The Labute approximate surface area is 194 Å². The van der Waals surface area contributed by atoms with Gasteiger partial charge in [0.2, 0.25) is 0 Å². The van der Waals surface area contributed by atoms with Crippen LogP contribution in [0.25, 0.3) is 10.9 Å². The van der Waals surface area contributed by atoms with Crippen molar-refractivity contribution in [2.24, 2.45) is 11.8 Å². The van der Waals surface area contributed by atoms with Crippen LogP contribution < -0.4 is 4.74 Å². The number of halogens is 1. The van der Waals surface area contributed by atoms with Crippen LogP contribution in [0.3, 0.4) is 0 Å². The first kappa shape index (κ1) is 24.8. The molecular formula is C25H35FN2O3S. The van der Waals surface area contributed by atoms with Crippen LogP contribution in [0.15, 0.2) is 24.4 Å². The summed E-state index contributed by atoms with van der Waals surface area (Å²) >= 11 is 1.98. The summed E-state index contributed by atoms with van der Waals surface area (Å²) in [5.41, 5.74) is 1.39. The number of nitrogens with zero attached hydrogens (tertiary/aromatic N) is 2. The first-order chi connectivity index (χ1) is 15.5. The number of hydrogen-bond donors (Lipinski definition) is 1. The lowest BCUT2D eigenvalue weighted by Gasteiger charge is -2.36. The molecule has 2 atom stereocenters. The number of benzene rings is 1. The van der Waals surface area contributed by atoms with Crippen LogP contribution in [0.2, 0.25) is 0 Å². The van der Waals surface area contributed by atoms with E-state index in [2.05, 4.69) is 16.8 Å². The topological polar surface area (TPSA) is 62.7 Å². The minimum atomic E-state index is -0.703. The summed E-state index contributed by atoms with van der Waals surface area (Å²) in [5.74, 6) is 1.80. The number of carbonyl (C=O) groups is 1. The second kappa shape index (κ2) is 12.4. The van der Waals surface area contributed by atoms with Crippen LogP contribution in [0.1, 0.15) is 44.6 Å². The van der Waals surface area contributed by atoms with Gasteiger partial charge in [0.05, 0.1) is 24.7 Å². The van der Waals surface area contributed by atoms with E-state index in [-0.39, 0.29) is 17.7 Å². The molecular weight excluding hydrogens is 427 g/mol. The van der Waals surface area contributed by atoms with E-state index >= 15 is 0 Å². The average Bonchev–Trinajstić information content (AvgIpc) is 2.80. The Bertz CT molecular complexity index is 895. The van der Waals surface area contributed by atoms with Gasteiger partial charge in [-0.1, -0.05) is 6.92 Å². The SMILES string of the molecule is CCCSCCCN1CCC(CCCc2c(F)cnc3ccc(OC)cc23)C(C(=O)O)C1. The van der Waals surface area contributed by atoms with Crippen molar-refractivity contribution in [1.29, 1.82) is 0 Å². The van der Waals surface area contributed by atoms with Gasteiger partial charge in [-0.2, -0.15) is 11.8 Å². The third kappa shape index (κ3) is 6.58. The molecule has 1 fully saturated rings. The summed E-state index contributed by atoms with van der Waals surface area (Å²) in [6, 6.07) is 5.50. The van der Waals surface area contributed by atoms with E-state index in [1.54, 1.807) is 7.11 Å². The molecule has 1 aromatic carbocycles. The van der Waals surface area contributed by atoms with Gasteiger partial charge in [-0.3, -0.25) is 9.78 Å². The molecule has 2 unspecified atom stereocenters. The Kier molecular flexibility index (Phi) is 9.60. The van der Waals surface area contributed by atoms with E-state index in [0.717, 1.165) is 55.4 Å². The zero-order valence-electron chi connectivity index (χ0n) is 19.2. The largest absolute Gasteiger partial charge is 0.497 e. The van der Waals surface area contributed by atoms with Crippen LogP contribution in [-0.2, 0) is 11.2 Å². The highest BCUT2D eigenvalue weighted by Crippen LogP contribution is 2.31. The van der Waals surface area contributed by atoms with E-state index < -0.39 is 5.97 Å². The smallest absolute Gasteiger partial charge is 0.308 e. The maximum absolute atomic E-state index is 14.6. The van der Waals surface area contributed by atoms with Crippen LogP contribution in [0.4, 0.5) is 4.39 Å². The zero-order valence-corrected chi connectivity index (χ0v) is 20.0. The molecule has 32 heavy (non-hydrogen) atoms. The number of aryl methyl sites for hydroxylation is 1. The lowest BCUT2D eigenvalue weighted by molar-refractivity contribution is -0.146. The van der Waals surface area contributed by atoms with Crippen LogP contribution in [0.5, 0.6) is 5.75 Å². The summed E-state index contributed by atoms with van der Waals surface area (Å²) in [7, 11) is 1.59. The molecule has 0 radical (unpaired) electrons. The Morgan fingerprint density at radius 3 is 2.94 bits per heavy atom. The fourth-order valence-electron chi connectivity index (χ4n) is 4.66. The number of fused-ring (bicyclic) bond motifs is 1. The maximum atomic E-state index is 14.6. The summed E-state index contributed by atoms with van der Waals surface area (Å²) in [6.45, 7) is 4.75. The van der Waals surface area contributed by atoms with Crippen LogP contribution in [-0.4, -0.2) is 59.2 Å². The van der Waals surface area contributed by atoms with E-state index in [9.17, 15) is 14.3 Å². The van der Waals surface area contributed by atoms with Crippen molar-refractivity contribution in [2.45, 2.75) is 45.4 Å². The lowest BCUT2D eigenvalue weighted by atomic mass is 9.81. The summed E-state index contributed by atoms with van der Waals surface area (Å²) in [6.07, 6.45) is 6.61. The Morgan fingerprint density at radius 2 is 2.19 bits per heavy atom. The minimum Gasteiger partial charge on any atom is -0.497 e. The Balaban J connectivity index is 1.56. The number of aliphatic carboxylic acids is 1. The van der Waals surface area contributed by atoms with Gasteiger partial charge in [0.1, 0.15) is 11.6 Å². The van der Waals surface area contributed by atoms with E-state index in [4.69, 9.17) is 4.74 Å². The van der Waals surface area contributed by atoms with Gasteiger partial charge in [-0.15, -0.1) is 0 Å². The van der Waals surface area contributed by atoms with Gasteiger partial charge in [0, 0.05) is 11.9 Å². The number of ether oxygens (including phenoxy) is 1. The molecule has 1 saturated heterocycles. The molecule has 2 aromatic rings. The normalized spacial score (nSPS) is 19.3. The predicted molar refractivity (Wildman–Crippen MR) is 129 cm³/mol.